The molecule has 4 nitrogen and oxygen atoms in total. The molecule has 1 aliphatic carbocycles. The van der Waals surface area contributed by atoms with Crippen molar-refractivity contribution in [2.75, 3.05) is 31.1 Å². The van der Waals surface area contributed by atoms with Crippen LogP contribution in [0.15, 0.2) is 18.3 Å². The summed E-state index contributed by atoms with van der Waals surface area (Å²) in [4.78, 5) is 22.0. The maximum Gasteiger partial charge on any atom is 0.257 e. The van der Waals surface area contributed by atoms with Gasteiger partial charge >= 0.3 is 0 Å². The number of rotatable bonds is 2. The molecule has 1 aromatic heterocycles. The first kappa shape index (κ1) is 15.0. The van der Waals surface area contributed by atoms with E-state index in [4.69, 9.17) is 0 Å². The number of nitrogens with zero attached hydrogens (tertiary/aromatic N) is 3. The minimum atomic E-state index is 0.198. The molecule has 2 aliphatic heterocycles. The van der Waals surface area contributed by atoms with Gasteiger partial charge in [-0.05, 0) is 49.7 Å². The predicted molar refractivity (Wildman–Crippen MR) is 91.7 cm³/mol. The average Bonchev–Trinajstić information content (AvgIpc) is 3.15. The SMILES string of the molecule is O=C(c1cccnc1N1CCCC1)N1CC[C@@H]2CCCC[C@H]2C1. The summed E-state index contributed by atoms with van der Waals surface area (Å²) in [7, 11) is 0. The number of hydrogen-bond acceptors (Lipinski definition) is 3. The van der Waals surface area contributed by atoms with Crippen LogP contribution in [0.1, 0.15) is 55.3 Å². The second-order valence-corrected chi connectivity index (χ2v) is 7.41. The highest BCUT2D eigenvalue weighted by molar-refractivity contribution is 5.99. The van der Waals surface area contributed by atoms with Crippen molar-refractivity contribution in [3.05, 3.63) is 23.9 Å². The topological polar surface area (TPSA) is 36.4 Å². The number of carbonyl (C=O) groups is 1. The number of aromatic nitrogens is 1. The summed E-state index contributed by atoms with van der Waals surface area (Å²) >= 11 is 0. The van der Waals surface area contributed by atoms with E-state index in [9.17, 15) is 4.79 Å². The number of fused-ring (bicyclic) bond motifs is 1. The molecule has 4 heteroatoms. The van der Waals surface area contributed by atoms with E-state index >= 15 is 0 Å². The van der Waals surface area contributed by atoms with Gasteiger partial charge in [-0.3, -0.25) is 4.79 Å². The van der Waals surface area contributed by atoms with Gasteiger partial charge < -0.3 is 9.80 Å². The van der Waals surface area contributed by atoms with Gasteiger partial charge in [0.15, 0.2) is 0 Å². The molecule has 0 spiro atoms. The highest BCUT2D eigenvalue weighted by Gasteiger charge is 2.34. The van der Waals surface area contributed by atoms with E-state index in [1.54, 1.807) is 0 Å². The summed E-state index contributed by atoms with van der Waals surface area (Å²) in [6, 6.07) is 3.87. The second-order valence-electron chi connectivity index (χ2n) is 7.41. The third-order valence-corrected chi connectivity index (χ3v) is 6.00. The number of hydrogen-bond donors (Lipinski definition) is 0. The van der Waals surface area contributed by atoms with Gasteiger partial charge in [0, 0.05) is 32.4 Å². The molecule has 0 N–H and O–H groups in total. The van der Waals surface area contributed by atoms with Crippen molar-refractivity contribution in [1.29, 1.82) is 0 Å². The van der Waals surface area contributed by atoms with Gasteiger partial charge in [0.1, 0.15) is 5.82 Å². The predicted octanol–water partition coefficient (Wildman–Crippen LogP) is 3.33. The zero-order chi connectivity index (χ0) is 15.6. The Bertz CT molecular complexity index is 567. The van der Waals surface area contributed by atoms with Gasteiger partial charge in [-0.2, -0.15) is 0 Å². The summed E-state index contributed by atoms with van der Waals surface area (Å²) in [5.41, 5.74) is 0.809. The lowest BCUT2D eigenvalue weighted by atomic mass is 9.75. The van der Waals surface area contributed by atoms with Crippen molar-refractivity contribution < 1.29 is 4.79 Å². The van der Waals surface area contributed by atoms with Crippen molar-refractivity contribution in [2.24, 2.45) is 11.8 Å². The zero-order valence-corrected chi connectivity index (χ0v) is 13.9. The Labute approximate surface area is 138 Å². The van der Waals surface area contributed by atoms with E-state index in [1.807, 2.05) is 18.3 Å². The van der Waals surface area contributed by atoms with Gasteiger partial charge in [0.05, 0.1) is 5.56 Å². The monoisotopic (exact) mass is 313 g/mol. The minimum absolute atomic E-state index is 0.198. The van der Waals surface area contributed by atoms with Crippen LogP contribution in [0.4, 0.5) is 5.82 Å². The summed E-state index contributed by atoms with van der Waals surface area (Å²) in [5.74, 6) is 2.69. The van der Waals surface area contributed by atoms with Crippen molar-refractivity contribution >= 4 is 11.7 Å². The van der Waals surface area contributed by atoms with Crippen LogP contribution in [-0.2, 0) is 0 Å². The van der Waals surface area contributed by atoms with Crippen LogP contribution in [-0.4, -0.2) is 42.0 Å². The maximum atomic E-state index is 13.1. The molecular weight excluding hydrogens is 286 g/mol. The molecule has 1 amide bonds. The number of anilines is 1. The number of pyridine rings is 1. The van der Waals surface area contributed by atoms with Crippen LogP contribution in [0.3, 0.4) is 0 Å². The van der Waals surface area contributed by atoms with Gasteiger partial charge in [-0.25, -0.2) is 4.98 Å². The Morgan fingerprint density at radius 3 is 2.61 bits per heavy atom. The van der Waals surface area contributed by atoms with Gasteiger partial charge in [-0.15, -0.1) is 0 Å². The fourth-order valence-corrected chi connectivity index (χ4v) is 4.70. The maximum absolute atomic E-state index is 13.1. The summed E-state index contributed by atoms with van der Waals surface area (Å²) in [6.07, 6.45) is 10.8. The summed E-state index contributed by atoms with van der Waals surface area (Å²) in [6.45, 7) is 3.94. The smallest absolute Gasteiger partial charge is 0.257 e. The van der Waals surface area contributed by atoms with Crippen molar-refractivity contribution in [1.82, 2.24) is 9.88 Å². The van der Waals surface area contributed by atoms with E-state index in [2.05, 4.69) is 14.8 Å². The molecule has 2 atom stereocenters. The molecule has 0 aromatic carbocycles. The number of piperidine rings is 1. The Morgan fingerprint density at radius 1 is 1.00 bits per heavy atom. The Balaban J connectivity index is 1.52. The molecule has 2 saturated heterocycles. The fraction of sp³-hybridized carbons (Fsp3) is 0.684. The molecule has 0 bridgehead atoms. The van der Waals surface area contributed by atoms with E-state index in [0.29, 0.717) is 0 Å². The van der Waals surface area contributed by atoms with Crippen LogP contribution in [0.2, 0.25) is 0 Å². The van der Waals surface area contributed by atoms with Gasteiger partial charge in [-0.1, -0.05) is 19.3 Å². The standard InChI is InChI=1S/C19H27N3O/c23-19(22-13-9-15-6-1-2-7-16(15)14-22)17-8-5-10-20-18(17)21-11-3-4-12-21/h5,8,10,15-16H,1-4,6-7,9,11-14H2/t15-,16-/m0/s1. The third kappa shape index (κ3) is 2.96. The number of amides is 1. The van der Waals surface area contributed by atoms with E-state index in [-0.39, 0.29) is 5.91 Å². The zero-order valence-electron chi connectivity index (χ0n) is 13.9. The van der Waals surface area contributed by atoms with Crippen LogP contribution >= 0.6 is 0 Å². The normalized spacial score (nSPS) is 27.8. The van der Waals surface area contributed by atoms with E-state index < -0.39 is 0 Å². The lowest BCUT2D eigenvalue weighted by Crippen LogP contribution is -2.45. The number of carbonyl (C=O) groups excluding carboxylic acids is 1. The average molecular weight is 313 g/mol. The molecule has 3 fully saturated rings. The molecule has 0 unspecified atom stereocenters. The molecule has 124 valence electrons. The number of likely N-dealkylation sites (tertiary alicyclic amines) is 1. The summed E-state index contributed by atoms with van der Waals surface area (Å²) in [5, 5.41) is 0. The summed E-state index contributed by atoms with van der Waals surface area (Å²) < 4.78 is 0. The molecule has 3 aliphatic rings. The Kier molecular flexibility index (Phi) is 4.23. The molecule has 0 radical (unpaired) electrons. The quantitative estimate of drug-likeness (QED) is 0.840. The molecule has 1 saturated carbocycles. The van der Waals surface area contributed by atoms with Gasteiger partial charge in [0.25, 0.3) is 5.91 Å². The lowest BCUT2D eigenvalue weighted by molar-refractivity contribution is 0.0521. The highest BCUT2D eigenvalue weighted by atomic mass is 16.2. The van der Waals surface area contributed by atoms with Crippen LogP contribution in [0.5, 0.6) is 0 Å². The lowest BCUT2D eigenvalue weighted by Gasteiger charge is -2.41. The largest absolute Gasteiger partial charge is 0.356 e. The first-order valence-electron chi connectivity index (χ1n) is 9.32. The van der Waals surface area contributed by atoms with Crippen molar-refractivity contribution in [3.63, 3.8) is 0 Å². The highest BCUT2D eigenvalue weighted by Crippen LogP contribution is 2.36. The second kappa shape index (κ2) is 6.50. The van der Waals surface area contributed by atoms with Gasteiger partial charge in [0.2, 0.25) is 0 Å². The Morgan fingerprint density at radius 2 is 1.78 bits per heavy atom. The first-order valence-corrected chi connectivity index (χ1v) is 9.32. The molecule has 4 rings (SSSR count). The van der Waals surface area contributed by atoms with Crippen LogP contribution < -0.4 is 4.90 Å². The Hall–Kier alpha value is -1.58. The van der Waals surface area contributed by atoms with E-state index in [0.717, 1.165) is 49.4 Å². The fourth-order valence-electron chi connectivity index (χ4n) is 4.70. The molecule has 23 heavy (non-hydrogen) atoms. The van der Waals surface area contributed by atoms with Crippen molar-refractivity contribution in [3.8, 4) is 0 Å². The minimum Gasteiger partial charge on any atom is -0.356 e. The molecule has 3 heterocycles. The van der Waals surface area contributed by atoms with E-state index in [1.165, 1.54) is 44.9 Å². The molecular formula is C19H27N3O. The van der Waals surface area contributed by atoms with Crippen LogP contribution in [0, 0.1) is 11.8 Å². The molecule has 1 aromatic rings. The van der Waals surface area contributed by atoms with Crippen molar-refractivity contribution in [2.45, 2.75) is 44.9 Å². The van der Waals surface area contributed by atoms with Crippen LogP contribution in [0.25, 0.3) is 0 Å². The third-order valence-electron chi connectivity index (χ3n) is 6.00. The first-order chi connectivity index (χ1) is 11.3.